The second-order valence-corrected chi connectivity index (χ2v) is 12.6. The highest BCUT2D eigenvalue weighted by atomic mass is 32.1. The number of rotatable bonds is 11. The van der Waals surface area contributed by atoms with Gasteiger partial charge in [0, 0.05) is 18.5 Å². The number of amides is 1. The fourth-order valence-corrected chi connectivity index (χ4v) is 6.00. The zero-order chi connectivity index (χ0) is 38.3. The Kier molecular flexibility index (Phi) is 12.1. The number of amidine groups is 1. The molecule has 0 radical (unpaired) electrons. The lowest BCUT2D eigenvalue weighted by atomic mass is 10.0. The van der Waals surface area contributed by atoms with Crippen molar-refractivity contribution in [2.75, 3.05) is 13.7 Å². The Morgan fingerprint density at radius 2 is 1.75 bits per heavy atom. The van der Waals surface area contributed by atoms with E-state index >= 15 is 0 Å². The van der Waals surface area contributed by atoms with Gasteiger partial charge in [-0.3, -0.25) is 5.32 Å². The van der Waals surface area contributed by atoms with Gasteiger partial charge in [0.05, 0.1) is 25.1 Å². The first kappa shape index (κ1) is 38.5. The van der Waals surface area contributed by atoms with Gasteiger partial charge in [-0.1, -0.05) is 38.1 Å². The number of hydrogen-bond acceptors (Lipinski definition) is 9. The van der Waals surface area contributed by atoms with Crippen molar-refractivity contribution in [3.8, 4) is 28.5 Å². The molecule has 2 aromatic heterocycles. The second kappa shape index (κ2) is 16.7. The molecule has 280 valence electrons. The topological polar surface area (TPSA) is 139 Å². The average Bonchev–Trinajstić information content (AvgIpc) is 3.73. The van der Waals surface area contributed by atoms with Crippen LogP contribution in [0.4, 0.5) is 22.4 Å². The summed E-state index contributed by atoms with van der Waals surface area (Å²) < 4.78 is 70.6. The molecule has 0 fully saturated rings. The van der Waals surface area contributed by atoms with Crippen LogP contribution < -0.4 is 20.5 Å². The summed E-state index contributed by atoms with van der Waals surface area (Å²) in [6.45, 7) is 7.89. The Morgan fingerprint density at radius 3 is 2.38 bits per heavy atom. The van der Waals surface area contributed by atoms with E-state index < -0.39 is 24.4 Å². The molecule has 0 aliphatic rings. The van der Waals surface area contributed by atoms with E-state index in [1.54, 1.807) is 31.2 Å². The molecule has 3 aromatic carbocycles. The van der Waals surface area contributed by atoms with E-state index in [0.717, 1.165) is 17.1 Å². The van der Waals surface area contributed by atoms with Crippen LogP contribution in [0, 0.1) is 5.82 Å². The minimum atomic E-state index is -4.80. The molecule has 1 unspecified atom stereocenters. The van der Waals surface area contributed by atoms with Crippen molar-refractivity contribution in [3.63, 3.8) is 0 Å². The molecule has 1 atom stereocenters. The van der Waals surface area contributed by atoms with Gasteiger partial charge in [-0.25, -0.2) is 37.2 Å². The van der Waals surface area contributed by atoms with E-state index in [9.17, 15) is 27.2 Å². The highest BCUT2D eigenvalue weighted by Crippen LogP contribution is 2.25. The number of ether oxygens (including phenoxy) is 3. The minimum absolute atomic E-state index is 0.107. The van der Waals surface area contributed by atoms with Crippen LogP contribution in [0.15, 0.2) is 87.8 Å². The Balaban J connectivity index is 1.44. The maximum atomic E-state index is 14.3. The Hall–Kier alpha value is -5.78. The summed E-state index contributed by atoms with van der Waals surface area (Å²) in [7, 11) is 1.22. The van der Waals surface area contributed by atoms with Crippen molar-refractivity contribution in [1.82, 2.24) is 28.6 Å². The molecule has 0 saturated heterocycles. The average molecular weight is 757 g/mol. The van der Waals surface area contributed by atoms with Gasteiger partial charge in [0.1, 0.15) is 24.1 Å². The lowest BCUT2D eigenvalue weighted by molar-refractivity contribution is -0.274. The first-order valence-electron chi connectivity index (χ1n) is 16.4. The van der Waals surface area contributed by atoms with Crippen LogP contribution in [-0.2, 0) is 22.4 Å². The Morgan fingerprint density at radius 1 is 1.04 bits per heavy atom. The first-order valence-corrected chi connectivity index (χ1v) is 17.2. The number of benzene rings is 3. The number of halogens is 4. The molecule has 0 aliphatic heterocycles. The van der Waals surface area contributed by atoms with Gasteiger partial charge in [-0.05, 0) is 84.9 Å². The maximum absolute atomic E-state index is 14.3. The summed E-state index contributed by atoms with van der Waals surface area (Å²) in [4.78, 5) is 39.7. The van der Waals surface area contributed by atoms with Crippen LogP contribution in [0.1, 0.15) is 44.7 Å². The standard InChI is InChI=1S/C35H36F4N8O5S/c1-6-46-34(49)47(28-17-12-24(36)19-27(28)21(3)4)32(53-46)43-31(51-7-2)41-29(42-33(48)50-5)18-22-8-10-23(11-9-22)30-40-20-45(44-30)25-13-15-26(16-14-25)52-35(37,38)39/h8-17,19-21,29H,6-7,18H2,1-5H3,(H,42,48). The number of methoxy groups -OCH3 is 1. The summed E-state index contributed by atoms with van der Waals surface area (Å²) in [5.74, 6) is -0.531. The normalized spacial score (nSPS) is 12.9. The fraction of sp³-hybridized carbons (Fsp3) is 0.314. The molecule has 5 rings (SSSR count). The number of carbonyl (C=O) groups excluding carboxylic acids is 1. The zero-order valence-electron chi connectivity index (χ0n) is 29.3. The number of hydrogen-bond donors (Lipinski definition) is 1. The number of aliphatic imine (C=N–C) groups is 1. The molecule has 0 saturated carbocycles. The molecule has 0 spiro atoms. The summed E-state index contributed by atoms with van der Waals surface area (Å²) in [6.07, 6.45) is -4.85. The highest BCUT2D eigenvalue weighted by Gasteiger charge is 2.31. The smallest absolute Gasteiger partial charge is 0.464 e. The summed E-state index contributed by atoms with van der Waals surface area (Å²) in [5.41, 5.74) is 2.60. The van der Waals surface area contributed by atoms with Crippen LogP contribution in [0.5, 0.6) is 5.75 Å². The molecule has 5 aromatic rings. The molecule has 0 aliphatic carbocycles. The van der Waals surface area contributed by atoms with E-state index in [1.165, 1.54) is 69.1 Å². The molecule has 18 heteroatoms. The fourth-order valence-electron chi connectivity index (χ4n) is 5.14. The molecule has 13 nitrogen and oxygen atoms in total. The van der Waals surface area contributed by atoms with Crippen LogP contribution >= 0.6 is 11.5 Å². The van der Waals surface area contributed by atoms with E-state index in [0.29, 0.717) is 34.9 Å². The predicted octanol–water partition coefficient (Wildman–Crippen LogP) is 6.35. The molecule has 1 amide bonds. The number of carbonyl (C=O) groups is 1. The number of nitrogens with zero attached hydrogens (tertiary/aromatic N) is 7. The van der Waals surface area contributed by atoms with Gasteiger partial charge in [-0.15, -0.1) is 18.3 Å². The van der Waals surface area contributed by atoms with Crippen LogP contribution in [0.2, 0.25) is 0 Å². The third kappa shape index (κ3) is 9.76. The van der Waals surface area contributed by atoms with Crippen LogP contribution in [0.25, 0.3) is 22.8 Å². The Labute approximate surface area is 305 Å². The van der Waals surface area contributed by atoms with Gasteiger partial charge in [0.25, 0.3) is 0 Å². The number of alkyl halides is 3. The van der Waals surface area contributed by atoms with Gasteiger partial charge < -0.3 is 14.2 Å². The monoisotopic (exact) mass is 756 g/mol. The molecular formula is C35H36F4N8O5S. The van der Waals surface area contributed by atoms with Gasteiger partial charge in [0.15, 0.2) is 5.82 Å². The number of aromatic nitrogens is 5. The molecule has 53 heavy (non-hydrogen) atoms. The van der Waals surface area contributed by atoms with Gasteiger partial charge in [-0.2, -0.15) is 4.99 Å². The van der Waals surface area contributed by atoms with Crippen molar-refractivity contribution < 1.29 is 36.6 Å². The van der Waals surface area contributed by atoms with Crippen LogP contribution in [0.3, 0.4) is 0 Å². The lowest BCUT2D eigenvalue weighted by Crippen LogP contribution is -2.36. The van der Waals surface area contributed by atoms with Crippen molar-refractivity contribution in [1.29, 1.82) is 0 Å². The summed E-state index contributed by atoms with van der Waals surface area (Å²) >= 11 is 1.09. The van der Waals surface area contributed by atoms with E-state index in [2.05, 4.69) is 30.1 Å². The number of alkyl carbamates (subject to hydrolysis) is 1. The van der Waals surface area contributed by atoms with Gasteiger partial charge >= 0.3 is 24.2 Å². The minimum Gasteiger partial charge on any atom is -0.464 e. The highest BCUT2D eigenvalue weighted by molar-refractivity contribution is 7.03. The summed E-state index contributed by atoms with van der Waals surface area (Å²) in [5, 5.41) is 7.11. The number of nitrogens with one attached hydrogen (secondary N) is 1. The van der Waals surface area contributed by atoms with Crippen molar-refractivity contribution in [2.24, 2.45) is 9.98 Å². The van der Waals surface area contributed by atoms with E-state index in [4.69, 9.17) is 9.47 Å². The van der Waals surface area contributed by atoms with Crippen molar-refractivity contribution >= 4 is 23.6 Å². The quantitative estimate of drug-likeness (QED) is 0.0942. The molecule has 1 N–H and O–H groups in total. The Bertz CT molecular complexity index is 2190. The lowest BCUT2D eigenvalue weighted by Gasteiger charge is -2.15. The zero-order valence-corrected chi connectivity index (χ0v) is 30.1. The molecule has 0 bridgehead atoms. The van der Waals surface area contributed by atoms with Crippen LogP contribution in [-0.4, -0.2) is 61.6 Å². The van der Waals surface area contributed by atoms with Gasteiger partial charge in [0.2, 0.25) is 4.80 Å². The largest absolute Gasteiger partial charge is 0.573 e. The van der Waals surface area contributed by atoms with E-state index in [1.807, 2.05) is 20.8 Å². The van der Waals surface area contributed by atoms with E-state index in [-0.39, 0.29) is 41.2 Å². The molecule has 2 heterocycles. The first-order chi connectivity index (χ1) is 25.3. The number of aryl methyl sites for hydroxylation is 1. The predicted molar refractivity (Wildman–Crippen MR) is 189 cm³/mol. The molecular weight excluding hydrogens is 720 g/mol. The SMILES string of the molecule is CCOC(=NC(Cc1ccc(-c2ncn(-c3ccc(OC(F)(F)F)cc3)n2)cc1)NC(=O)OC)N=c1sn(CC)c(=O)n1-c1ccc(F)cc1C(C)C. The maximum Gasteiger partial charge on any atom is 0.573 e. The second-order valence-electron chi connectivity index (χ2n) is 11.6. The summed E-state index contributed by atoms with van der Waals surface area (Å²) in [6, 6.07) is 16.4. The van der Waals surface area contributed by atoms with Crippen molar-refractivity contribution in [2.45, 2.75) is 59.1 Å². The third-order valence-corrected chi connectivity index (χ3v) is 8.67. The van der Waals surface area contributed by atoms with Crippen molar-refractivity contribution in [3.05, 3.63) is 105 Å². The third-order valence-electron chi connectivity index (χ3n) is 7.60.